The largest absolute Gasteiger partial charge is 0.377 e. The predicted molar refractivity (Wildman–Crippen MR) is 145 cm³/mol. The van der Waals surface area contributed by atoms with Gasteiger partial charge in [0, 0.05) is 25.3 Å². The molecular formula is C29H37N3O4. The normalized spacial score (nSPS) is 13.5. The molecule has 1 fully saturated rings. The van der Waals surface area contributed by atoms with E-state index in [0.717, 1.165) is 29.4 Å². The number of nitrogens with one attached hydrogen (secondary N) is 1. The van der Waals surface area contributed by atoms with Crippen LogP contribution in [0.2, 0.25) is 0 Å². The summed E-state index contributed by atoms with van der Waals surface area (Å²) in [5, 5.41) is 14.4. The van der Waals surface area contributed by atoms with E-state index in [1.165, 1.54) is 24.9 Å². The highest BCUT2D eigenvalue weighted by molar-refractivity contribution is 6.02. The van der Waals surface area contributed by atoms with Crippen LogP contribution in [0.3, 0.4) is 0 Å². The Morgan fingerprint density at radius 2 is 1.64 bits per heavy atom. The van der Waals surface area contributed by atoms with Crippen LogP contribution in [0, 0.1) is 23.7 Å². The van der Waals surface area contributed by atoms with Crippen LogP contribution in [0.4, 0.5) is 5.69 Å². The SMILES string of the molecule is C.C#CCOCCOCCOCCNC(=O)/C(C#N)=C/c1ccc2cc(N3CCCCC3)ccc2c1. The van der Waals surface area contributed by atoms with Gasteiger partial charge in [0.05, 0.1) is 33.0 Å². The van der Waals surface area contributed by atoms with Gasteiger partial charge in [-0.2, -0.15) is 5.26 Å². The van der Waals surface area contributed by atoms with Crippen molar-refractivity contribution >= 4 is 28.4 Å². The number of nitriles is 1. The number of ether oxygens (including phenoxy) is 3. The zero-order chi connectivity index (χ0) is 24.7. The molecule has 0 unspecified atom stereocenters. The van der Waals surface area contributed by atoms with Gasteiger partial charge >= 0.3 is 0 Å². The van der Waals surface area contributed by atoms with Crippen LogP contribution in [-0.4, -0.2) is 65.2 Å². The first kappa shape index (κ1) is 28.9. The molecule has 0 radical (unpaired) electrons. The second kappa shape index (κ2) is 16.3. The molecule has 0 aromatic heterocycles. The first-order chi connectivity index (χ1) is 17.2. The molecule has 0 saturated carbocycles. The van der Waals surface area contributed by atoms with Crippen molar-refractivity contribution in [1.29, 1.82) is 5.26 Å². The lowest BCUT2D eigenvalue weighted by Crippen LogP contribution is -2.29. The van der Waals surface area contributed by atoms with Gasteiger partial charge in [-0.05, 0) is 59.9 Å². The van der Waals surface area contributed by atoms with Gasteiger partial charge in [0.2, 0.25) is 0 Å². The highest BCUT2D eigenvalue weighted by atomic mass is 16.5. The minimum atomic E-state index is -0.418. The first-order valence-corrected chi connectivity index (χ1v) is 12.1. The van der Waals surface area contributed by atoms with E-state index in [2.05, 4.69) is 34.3 Å². The van der Waals surface area contributed by atoms with Gasteiger partial charge in [-0.1, -0.05) is 31.5 Å². The summed E-state index contributed by atoms with van der Waals surface area (Å²) in [5.74, 6) is 1.97. The van der Waals surface area contributed by atoms with Gasteiger partial charge in [-0.3, -0.25) is 4.79 Å². The second-order valence-corrected chi connectivity index (χ2v) is 8.25. The van der Waals surface area contributed by atoms with Crippen molar-refractivity contribution in [1.82, 2.24) is 5.32 Å². The van der Waals surface area contributed by atoms with Crippen LogP contribution in [-0.2, 0) is 19.0 Å². The third-order valence-electron chi connectivity index (χ3n) is 5.71. The maximum absolute atomic E-state index is 12.4. The maximum Gasteiger partial charge on any atom is 0.262 e. The standard InChI is InChI=1S/C28H33N3O4.CH4/c1-2-13-33-15-17-35-18-16-34-14-10-30-28(32)26(22-29)20-23-6-7-25-21-27(9-8-24(25)19-23)31-11-4-3-5-12-31;/h1,6-9,19-21H,3-5,10-18H2,(H,30,32);1H4/b26-20+;. The molecule has 1 heterocycles. The minimum absolute atomic E-state index is 0. The minimum Gasteiger partial charge on any atom is -0.377 e. The Morgan fingerprint density at radius 1 is 0.972 bits per heavy atom. The van der Waals surface area contributed by atoms with Crippen LogP contribution in [0.15, 0.2) is 42.0 Å². The molecule has 192 valence electrons. The molecule has 1 amide bonds. The molecule has 0 spiro atoms. The van der Waals surface area contributed by atoms with Crippen molar-refractivity contribution in [3.63, 3.8) is 0 Å². The number of terminal acetylenes is 1. The molecule has 0 aliphatic carbocycles. The first-order valence-electron chi connectivity index (χ1n) is 12.1. The summed E-state index contributed by atoms with van der Waals surface area (Å²) < 4.78 is 15.9. The smallest absolute Gasteiger partial charge is 0.262 e. The molecule has 36 heavy (non-hydrogen) atoms. The highest BCUT2D eigenvalue weighted by Gasteiger charge is 2.12. The Hall–Kier alpha value is -3.36. The molecule has 2 aromatic carbocycles. The van der Waals surface area contributed by atoms with Crippen molar-refractivity contribution in [2.75, 3.05) is 64.2 Å². The average Bonchev–Trinajstić information content (AvgIpc) is 2.90. The molecule has 7 nitrogen and oxygen atoms in total. The third-order valence-corrected chi connectivity index (χ3v) is 5.71. The molecular weight excluding hydrogens is 454 g/mol. The van der Waals surface area contributed by atoms with Gasteiger partial charge in [0.25, 0.3) is 5.91 Å². The van der Waals surface area contributed by atoms with E-state index in [0.29, 0.717) is 39.6 Å². The summed E-state index contributed by atoms with van der Waals surface area (Å²) in [4.78, 5) is 14.8. The number of hydrogen-bond donors (Lipinski definition) is 1. The quantitative estimate of drug-likeness (QED) is 0.196. The number of piperidine rings is 1. The Morgan fingerprint density at radius 3 is 2.36 bits per heavy atom. The number of fused-ring (bicyclic) bond motifs is 1. The van der Waals surface area contributed by atoms with Crippen LogP contribution in [0.1, 0.15) is 32.3 Å². The fourth-order valence-electron chi connectivity index (χ4n) is 3.91. The zero-order valence-corrected chi connectivity index (χ0v) is 20.1. The predicted octanol–water partition coefficient (Wildman–Crippen LogP) is 4.17. The Balaban J connectivity index is 0.00000456. The molecule has 1 aliphatic rings. The molecule has 1 saturated heterocycles. The number of nitrogens with zero attached hydrogens (tertiary/aromatic N) is 2. The highest BCUT2D eigenvalue weighted by Crippen LogP contribution is 2.26. The maximum atomic E-state index is 12.4. The molecule has 3 rings (SSSR count). The summed E-state index contributed by atoms with van der Waals surface area (Å²) in [5.41, 5.74) is 2.12. The van der Waals surface area contributed by atoms with Gasteiger partial charge in [-0.25, -0.2) is 0 Å². The monoisotopic (exact) mass is 491 g/mol. The number of carbonyl (C=O) groups excluding carboxylic acids is 1. The molecule has 0 atom stereocenters. The third kappa shape index (κ3) is 9.36. The van der Waals surface area contributed by atoms with E-state index in [-0.39, 0.29) is 19.6 Å². The van der Waals surface area contributed by atoms with Gasteiger partial charge in [-0.15, -0.1) is 6.42 Å². The number of amides is 1. The zero-order valence-electron chi connectivity index (χ0n) is 20.1. The topological polar surface area (TPSA) is 83.8 Å². The summed E-state index contributed by atoms with van der Waals surface area (Å²) in [6, 6.07) is 14.4. The second-order valence-electron chi connectivity index (χ2n) is 8.25. The van der Waals surface area contributed by atoms with Gasteiger partial charge in [0.15, 0.2) is 0 Å². The van der Waals surface area contributed by atoms with Crippen LogP contribution < -0.4 is 10.2 Å². The fourth-order valence-corrected chi connectivity index (χ4v) is 3.91. The van der Waals surface area contributed by atoms with Crippen molar-refractivity contribution in [3.05, 3.63) is 47.5 Å². The van der Waals surface area contributed by atoms with E-state index in [1.807, 2.05) is 24.3 Å². The fraction of sp³-hybridized carbons (Fsp3) is 0.448. The Labute approximate surface area is 215 Å². The number of anilines is 1. The van der Waals surface area contributed by atoms with Gasteiger partial charge in [0.1, 0.15) is 18.2 Å². The Kier molecular flexibility index (Phi) is 13.1. The van der Waals surface area contributed by atoms with Crippen LogP contribution >= 0.6 is 0 Å². The lowest BCUT2D eigenvalue weighted by atomic mass is 10.0. The molecule has 1 aliphatic heterocycles. The molecule has 1 N–H and O–H groups in total. The van der Waals surface area contributed by atoms with Crippen molar-refractivity contribution in [3.8, 4) is 18.4 Å². The van der Waals surface area contributed by atoms with Crippen molar-refractivity contribution in [2.24, 2.45) is 0 Å². The number of hydrogen-bond acceptors (Lipinski definition) is 6. The van der Waals surface area contributed by atoms with Crippen LogP contribution in [0.5, 0.6) is 0 Å². The summed E-state index contributed by atoms with van der Waals surface area (Å²) in [6.07, 6.45) is 10.5. The summed E-state index contributed by atoms with van der Waals surface area (Å²) >= 11 is 0. The summed E-state index contributed by atoms with van der Waals surface area (Å²) in [7, 11) is 0. The number of rotatable bonds is 13. The van der Waals surface area contributed by atoms with E-state index in [9.17, 15) is 10.1 Å². The number of carbonyl (C=O) groups is 1. The number of benzene rings is 2. The average molecular weight is 492 g/mol. The molecule has 2 aromatic rings. The van der Waals surface area contributed by atoms with Gasteiger partial charge < -0.3 is 24.4 Å². The van der Waals surface area contributed by atoms with E-state index < -0.39 is 5.91 Å². The van der Waals surface area contributed by atoms with E-state index >= 15 is 0 Å². The van der Waals surface area contributed by atoms with E-state index in [1.54, 1.807) is 6.08 Å². The lowest BCUT2D eigenvalue weighted by Gasteiger charge is -2.29. The molecule has 7 heteroatoms. The summed E-state index contributed by atoms with van der Waals surface area (Å²) in [6.45, 7) is 4.85. The van der Waals surface area contributed by atoms with Crippen LogP contribution in [0.25, 0.3) is 16.8 Å². The van der Waals surface area contributed by atoms with E-state index in [4.69, 9.17) is 20.6 Å². The lowest BCUT2D eigenvalue weighted by molar-refractivity contribution is -0.117. The molecule has 0 bridgehead atoms. The Bertz CT molecular complexity index is 1080. The van der Waals surface area contributed by atoms with Crippen molar-refractivity contribution in [2.45, 2.75) is 26.7 Å². The van der Waals surface area contributed by atoms with Crippen molar-refractivity contribution < 1.29 is 19.0 Å².